The van der Waals surface area contributed by atoms with Gasteiger partial charge in [-0.05, 0) is 24.3 Å². The van der Waals surface area contributed by atoms with Crippen LogP contribution in [0.25, 0.3) is 0 Å². The largest absolute Gasteiger partial charge is 0.497 e. The number of quaternary nitrogens is 2. The molecule has 1 aliphatic heterocycles. The zero-order chi connectivity index (χ0) is 20.6. The molecule has 0 saturated carbocycles. The zero-order valence-corrected chi connectivity index (χ0v) is 17.7. The Hall–Kier alpha value is -2.57. The highest BCUT2D eigenvalue weighted by Gasteiger charge is 2.16. The van der Waals surface area contributed by atoms with E-state index in [1.54, 1.807) is 19.1 Å². The summed E-state index contributed by atoms with van der Waals surface area (Å²) in [6.45, 7) is 4.69. The molecule has 6 heteroatoms. The molecule has 156 valence electrons. The van der Waals surface area contributed by atoms with Crippen molar-refractivity contribution >= 4 is 11.6 Å². The number of carbonyl (C=O) groups excluding carboxylic acids is 1. The topological polar surface area (TPSA) is 56.4 Å². The Bertz CT molecular complexity index is 802. The van der Waals surface area contributed by atoms with Gasteiger partial charge in [-0.25, -0.2) is 0 Å². The highest BCUT2D eigenvalue weighted by molar-refractivity contribution is 5.91. The molecular formula is C23H33N3O3+2. The summed E-state index contributed by atoms with van der Waals surface area (Å²) in [4.78, 5) is 15.2. The first-order valence-electron chi connectivity index (χ1n) is 10.3. The summed E-state index contributed by atoms with van der Waals surface area (Å²) in [5.41, 5.74) is 3.23. The van der Waals surface area contributed by atoms with Gasteiger partial charge in [-0.15, -0.1) is 0 Å². The van der Waals surface area contributed by atoms with Crippen LogP contribution in [-0.2, 0) is 17.9 Å². The van der Waals surface area contributed by atoms with E-state index in [0.717, 1.165) is 34.2 Å². The van der Waals surface area contributed by atoms with Crippen LogP contribution in [0, 0.1) is 0 Å². The van der Waals surface area contributed by atoms with E-state index in [9.17, 15) is 4.79 Å². The second kappa shape index (κ2) is 10.3. The average Bonchev–Trinajstić information content (AvgIpc) is 3.22. The molecule has 0 aliphatic carbocycles. The zero-order valence-electron chi connectivity index (χ0n) is 17.7. The fourth-order valence-corrected chi connectivity index (χ4v) is 3.91. The van der Waals surface area contributed by atoms with Gasteiger partial charge in [0.15, 0.2) is 6.54 Å². The van der Waals surface area contributed by atoms with Crippen molar-refractivity contribution < 1.29 is 24.1 Å². The quantitative estimate of drug-likeness (QED) is 0.577. The van der Waals surface area contributed by atoms with Crippen molar-refractivity contribution in [3.63, 3.8) is 0 Å². The third kappa shape index (κ3) is 6.21. The van der Waals surface area contributed by atoms with Gasteiger partial charge >= 0.3 is 0 Å². The third-order valence-electron chi connectivity index (χ3n) is 5.45. The molecule has 1 atom stereocenters. The number of benzene rings is 2. The first kappa shape index (κ1) is 21.1. The maximum Gasteiger partial charge on any atom is 0.279 e. The van der Waals surface area contributed by atoms with E-state index in [0.29, 0.717) is 13.1 Å². The van der Waals surface area contributed by atoms with Gasteiger partial charge in [-0.3, -0.25) is 4.79 Å². The van der Waals surface area contributed by atoms with E-state index < -0.39 is 0 Å². The van der Waals surface area contributed by atoms with Crippen LogP contribution in [0.1, 0.15) is 24.0 Å². The average molecular weight is 400 g/mol. The fraction of sp³-hybridized carbons (Fsp3) is 0.435. The summed E-state index contributed by atoms with van der Waals surface area (Å²) in [5, 5.41) is 3.01. The van der Waals surface area contributed by atoms with Crippen LogP contribution >= 0.6 is 0 Å². The van der Waals surface area contributed by atoms with E-state index >= 15 is 0 Å². The number of likely N-dealkylation sites (tertiary alicyclic amines) is 1. The number of hydrogen-bond donors (Lipinski definition) is 3. The number of rotatable bonds is 9. The first-order chi connectivity index (χ1) is 14.1. The Morgan fingerprint density at radius 1 is 1.07 bits per heavy atom. The fourth-order valence-electron chi connectivity index (χ4n) is 3.91. The monoisotopic (exact) mass is 399 g/mol. The summed E-state index contributed by atoms with van der Waals surface area (Å²) >= 11 is 0. The highest BCUT2D eigenvalue weighted by atomic mass is 16.5. The molecule has 0 bridgehead atoms. The number of ether oxygens (including phenoxy) is 2. The minimum atomic E-state index is 0.00731. The lowest BCUT2D eigenvalue weighted by molar-refractivity contribution is -0.901. The molecule has 1 unspecified atom stereocenters. The van der Waals surface area contributed by atoms with Gasteiger partial charge in [0.25, 0.3) is 5.91 Å². The lowest BCUT2D eigenvalue weighted by Gasteiger charge is -2.16. The van der Waals surface area contributed by atoms with Crippen molar-refractivity contribution in [1.29, 1.82) is 0 Å². The molecule has 0 radical (unpaired) electrons. The van der Waals surface area contributed by atoms with Gasteiger partial charge in [-0.1, -0.05) is 12.1 Å². The second-order valence-electron chi connectivity index (χ2n) is 7.87. The predicted octanol–water partition coefficient (Wildman–Crippen LogP) is 0.536. The van der Waals surface area contributed by atoms with Gasteiger partial charge in [-0.2, -0.15) is 0 Å². The van der Waals surface area contributed by atoms with Crippen LogP contribution in [0.5, 0.6) is 11.5 Å². The lowest BCUT2D eigenvalue weighted by atomic mass is 10.1. The van der Waals surface area contributed by atoms with E-state index in [1.165, 1.54) is 31.5 Å². The standard InChI is InChI=1S/C23H31N3O3/c1-25(16-19-8-11-21(28-2)14-22(19)29-3)17-23(27)24-20-9-6-18(7-10-20)15-26-12-4-5-13-26/h6-11,14H,4-5,12-13,15-17H2,1-3H3,(H,24,27)/p+2. The van der Waals surface area contributed by atoms with Gasteiger partial charge in [0.2, 0.25) is 0 Å². The summed E-state index contributed by atoms with van der Waals surface area (Å²) in [7, 11) is 5.29. The molecule has 6 nitrogen and oxygen atoms in total. The lowest BCUT2D eigenvalue weighted by Crippen LogP contribution is -3.08. The molecule has 2 aromatic rings. The van der Waals surface area contributed by atoms with Crippen molar-refractivity contribution in [2.45, 2.75) is 25.9 Å². The van der Waals surface area contributed by atoms with E-state index in [2.05, 4.69) is 17.4 Å². The molecule has 29 heavy (non-hydrogen) atoms. The number of methoxy groups -OCH3 is 2. The Morgan fingerprint density at radius 2 is 1.79 bits per heavy atom. The molecule has 3 rings (SSSR count). The molecule has 1 heterocycles. The molecule has 1 fully saturated rings. The van der Waals surface area contributed by atoms with Gasteiger partial charge in [0.1, 0.15) is 24.6 Å². The number of amides is 1. The normalized spacial score (nSPS) is 15.1. The van der Waals surface area contributed by atoms with Crippen molar-refractivity contribution in [1.82, 2.24) is 0 Å². The van der Waals surface area contributed by atoms with Crippen molar-refractivity contribution in [3.8, 4) is 11.5 Å². The molecule has 1 saturated heterocycles. The van der Waals surface area contributed by atoms with Crippen LogP contribution in [0.15, 0.2) is 42.5 Å². The minimum absolute atomic E-state index is 0.00731. The van der Waals surface area contributed by atoms with Crippen molar-refractivity contribution in [3.05, 3.63) is 53.6 Å². The summed E-state index contributed by atoms with van der Waals surface area (Å²) in [5.74, 6) is 1.54. The molecule has 2 aromatic carbocycles. The molecule has 1 amide bonds. The van der Waals surface area contributed by atoms with Crippen LogP contribution in [0.4, 0.5) is 5.69 Å². The Morgan fingerprint density at radius 3 is 2.45 bits per heavy atom. The minimum Gasteiger partial charge on any atom is -0.497 e. The maximum absolute atomic E-state index is 12.4. The Labute approximate surface area is 173 Å². The number of likely N-dealkylation sites (N-methyl/N-ethyl adjacent to an activating group) is 1. The number of nitrogens with one attached hydrogen (secondary N) is 3. The SMILES string of the molecule is COc1ccc(C[NH+](C)CC(=O)Nc2ccc(C[NH+]3CCCC3)cc2)c(OC)c1. The predicted molar refractivity (Wildman–Crippen MR) is 114 cm³/mol. The molecule has 1 aliphatic rings. The van der Waals surface area contributed by atoms with Gasteiger partial charge in [0, 0.05) is 35.7 Å². The molecule has 0 spiro atoms. The third-order valence-corrected chi connectivity index (χ3v) is 5.45. The van der Waals surface area contributed by atoms with Crippen LogP contribution in [-0.4, -0.2) is 46.8 Å². The van der Waals surface area contributed by atoms with Crippen molar-refractivity contribution in [2.24, 2.45) is 0 Å². The van der Waals surface area contributed by atoms with E-state index in [-0.39, 0.29) is 5.91 Å². The first-order valence-corrected chi connectivity index (χ1v) is 10.3. The molecule has 3 N–H and O–H groups in total. The Balaban J connectivity index is 1.49. The molecular weight excluding hydrogens is 366 g/mol. The second-order valence-corrected chi connectivity index (χ2v) is 7.87. The molecule has 0 aromatic heterocycles. The van der Waals surface area contributed by atoms with Crippen molar-refractivity contribution in [2.75, 3.05) is 46.2 Å². The van der Waals surface area contributed by atoms with Crippen LogP contribution < -0.4 is 24.6 Å². The number of carbonyl (C=O) groups is 1. The maximum atomic E-state index is 12.4. The van der Waals surface area contributed by atoms with Crippen LogP contribution in [0.2, 0.25) is 0 Å². The Kier molecular flexibility index (Phi) is 7.49. The summed E-state index contributed by atoms with van der Waals surface area (Å²) < 4.78 is 10.7. The van der Waals surface area contributed by atoms with Crippen LogP contribution in [0.3, 0.4) is 0 Å². The summed E-state index contributed by atoms with van der Waals surface area (Å²) in [6.07, 6.45) is 2.67. The van der Waals surface area contributed by atoms with Gasteiger partial charge in [0.05, 0.1) is 34.4 Å². The van der Waals surface area contributed by atoms with E-state index in [4.69, 9.17) is 9.47 Å². The van der Waals surface area contributed by atoms with Gasteiger partial charge < -0.3 is 24.6 Å². The number of anilines is 1. The summed E-state index contributed by atoms with van der Waals surface area (Å²) in [6, 6.07) is 14.0. The highest BCUT2D eigenvalue weighted by Crippen LogP contribution is 2.23. The van der Waals surface area contributed by atoms with E-state index in [1.807, 2.05) is 37.4 Å². The number of hydrogen-bond acceptors (Lipinski definition) is 3. The smallest absolute Gasteiger partial charge is 0.279 e.